The molecule has 0 aliphatic carbocycles. The van der Waals surface area contributed by atoms with Crippen molar-refractivity contribution in [2.45, 2.75) is 20.3 Å². The predicted octanol–water partition coefficient (Wildman–Crippen LogP) is 2.31. The minimum Gasteiger partial charge on any atom is -0.369 e. The molecule has 2 nitrogen and oxygen atoms in total. The van der Waals surface area contributed by atoms with Crippen LogP contribution >= 0.6 is 0 Å². The zero-order chi connectivity index (χ0) is 11.5. The number of likely N-dealkylation sites (N-methyl/N-ethyl adjacent to an activating group) is 1. The van der Waals surface area contributed by atoms with E-state index in [1.165, 1.54) is 29.9 Å². The van der Waals surface area contributed by atoms with Gasteiger partial charge in [-0.1, -0.05) is 13.0 Å². The van der Waals surface area contributed by atoms with Crippen LogP contribution in [0.5, 0.6) is 0 Å². The summed E-state index contributed by atoms with van der Waals surface area (Å²) in [6.07, 6.45) is 1.13. The van der Waals surface area contributed by atoms with Crippen LogP contribution in [-0.2, 0) is 6.42 Å². The quantitative estimate of drug-likeness (QED) is 0.751. The van der Waals surface area contributed by atoms with Crippen molar-refractivity contribution in [3.05, 3.63) is 29.3 Å². The van der Waals surface area contributed by atoms with Crippen molar-refractivity contribution in [3.63, 3.8) is 0 Å². The van der Waals surface area contributed by atoms with Crippen molar-refractivity contribution < 1.29 is 0 Å². The maximum absolute atomic E-state index is 2.50. The molecule has 1 heterocycles. The molecule has 1 aromatic rings. The average molecular weight is 218 g/mol. The first kappa shape index (κ1) is 11.5. The van der Waals surface area contributed by atoms with Crippen molar-refractivity contribution in [1.29, 1.82) is 0 Å². The largest absolute Gasteiger partial charge is 0.369 e. The minimum atomic E-state index is 1.13. The Bertz CT molecular complexity index is 352. The molecule has 2 heteroatoms. The summed E-state index contributed by atoms with van der Waals surface area (Å²) in [5, 5.41) is 0. The van der Waals surface area contributed by atoms with E-state index < -0.39 is 0 Å². The molecular weight excluding hydrogens is 196 g/mol. The lowest BCUT2D eigenvalue weighted by Gasteiger charge is -2.34. The Balaban J connectivity index is 2.14. The molecule has 1 fully saturated rings. The first-order valence-electron chi connectivity index (χ1n) is 6.23. The molecule has 1 aliphatic heterocycles. The second-order valence-electron chi connectivity index (χ2n) is 4.75. The standard InChI is InChI=1S/C14H22N2/c1-4-13-11-14(6-5-12(13)2)16-9-7-15(3)8-10-16/h5-6,11H,4,7-10H2,1-3H3. The molecule has 0 unspecified atom stereocenters. The second-order valence-corrected chi connectivity index (χ2v) is 4.75. The predicted molar refractivity (Wildman–Crippen MR) is 70.3 cm³/mol. The molecule has 2 rings (SSSR count). The number of anilines is 1. The Hall–Kier alpha value is -1.02. The Morgan fingerprint density at radius 2 is 1.81 bits per heavy atom. The fourth-order valence-electron chi connectivity index (χ4n) is 2.30. The normalized spacial score (nSPS) is 17.8. The van der Waals surface area contributed by atoms with E-state index in [0.29, 0.717) is 0 Å². The summed E-state index contributed by atoms with van der Waals surface area (Å²) in [7, 11) is 2.20. The van der Waals surface area contributed by atoms with Gasteiger partial charge in [0.1, 0.15) is 0 Å². The van der Waals surface area contributed by atoms with E-state index >= 15 is 0 Å². The van der Waals surface area contributed by atoms with Gasteiger partial charge >= 0.3 is 0 Å². The van der Waals surface area contributed by atoms with Gasteiger partial charge in [-0.3, -0.25) is 0 Å². The van der Waals surface area contributed by atoms with Gasteiger partial charge in [0.15, 0.2) is 0 Å². The molecule has 0 spiro atoms. The molecule has 0 bridgehead atoms. The number of aryl methyl sites for hydroxylation is 2. The third kappa shape index (κ3) is 2.38. The van der Waals surface area contributed by atoms with E-state index in [9.17, 15) is 0 Å². The van der Waals surface area contributed by atoms with E-state index in [-0.39, 0.29) is 0 Å². The van der Waals surface area contributed by atoms with Gasteiger partial charge in [0.2, 0.25) is 0 Å². The molecule has 0 atom stereocenters. The lowest BCUT2D eigenvalue weighted by molar-refractivity contribution is 0.313. The molecule has 16 heavy (non-hydrogen) atoms. The summed E-state index contributed by atoms with van der Waals surface area (Å²) in [4.78, 5) is 4.89. The third-order valence-electron chi connectivity index (χ3n) is 3.58. The van der Waals surface area contributed by atoms with Gasteiger partial charge in [-0.25, -0.2) is 0 Å². The average Bonchev–Trinajstić information content (AvgIpc) is 2.31. The van der Waals surface area contributed by atoms with Crippen LogP contribution in [0.3, 0.4) is 0 Å². The number of piperazine rings is 1. The van der Waals surface area contributed by atoms with Crippen LogP contribution in [0.15, 0.2) is 18.2 Å². The number of hydrogen-bond donors (Lipinski definition) is 0. The molecule has 0 radical (unpaired) electrons. The molecule has 0 amide bonds. The Labute approximate surface area is 98.9 Å². The Morgan fingerprint density at radius 3 is 2.44 bits per heavy atom. The first-order valence-corrected chi connectivity index (χ1v) is 6.23. The summed E-state index contributed by atoms with van der Waals surface area (Å²) >= 11 is 0. The molecule has 1 saturated heterocycles. The van der Waals surface area contributed by atoms with E-state index in [2.05, 4.69) is 48.9 Å². The highest BCUT2D eigenvalue weighted by Crippen LogP contribution is 2.20. The van der Waals surface area contributed by atoms with Crippen LogP contribution in [0.4, 0.5) is 5.69 Å². The zero-order valence-corrected chi connectivity index (χ0v) is 10.7. The van der Waals surface area contributed by atoms with Crippen LogP contribution in [-0.4, -0.2) is 38.1 Å². The summed E-state index contributed by atoms with van der Waals surface area (Å²) < 4.78 is 0. The van der Waals surface area contributed by atoms with Gasteiger partial charge in [0, 0.05) is 31.9 Å². The molecule has 0 saturated carbocycles. The molecule has 88 valence electrons. The Kier molecular flexibility index (Phi) is 3.49. The lowest BCUT2D eigenvalue weighted by Crippen LogP contribution is -2.44. The van der Waals surface area contributed by atoms with E-state index in [1.54, 1.807) is 0 Å². The van der Waals surface area contributed by atoms with E-state index in [1.807, 2.05) is 0 Å². The third-order valence-corrected chi connectivity index (χ3v) is 3.58. The zero-order valence-electron chi connectivity index (χ0n) is 10.7. The number of nitrogens with zero attached hydrogens (tertiary/aromatic N) is 2. The van der Waals surface area contributed by atoms with Crippen LogP contribution in [0, 0.1) is 6.92 Å². The number of rotatable bonds is 2. The highest BCUT2D eigenvalue weighted by Gasteiger charge is 2.14. The Morgan fingerprint density at radius 1 is 1.12 bits per heavy atom. The summed E-state index contributed by atoms with van der Waals surface area (Å²) in [5.41, 5.74) is 4.30. The molecule has 0 aromatic heterocycles. The van der Waals surface area contributed by atoms with Crippen molar-refractivity contribution in [2.24, 2.45) is 0 Å². The fourth-order valence-corrected chi connectivity index (χ4v) is 2.30. The highest BCUT2D eigenvalue weighted by molar-refractivity contribution is 5.51. The number of benzene rings is 1. The van der Waals surface area contributed by atoms with Gasteiger partial charge in [-0.2, -0.15) is 0 Å². The molecule has 1 aliphatic rings. The van der Waals surface area contributed by atoms with E-state index in [4.69, 9.17) is 0 Å². The summed E-state index contributed by atoms with van der Waals surface area (Å²) in [5.74, 6) is 0. The van der Waals surface area contributed by atoms with Gasteiger partial charge in [0.05, 0.1) is 0 Å². The topological polar surface area (TPSA) is 6.48 Å². The van der Waals surface area contributed by atoms with Crippen LogP contribution in [0.25, 0.3) is 0 Å². The SMILES string of the molecule is CCc1cc(N2CCN(C)CC2)ccc1C. The van der Waals surface area contributed by atoms with E-state index in [0.717, 1.165) is 19.5 Å². The molecular formula is C14H22N2. The highest BCUT2D eigenvalue weighted by atomic mass is 15.2. The van der Waals surface area contributed by atoms with Crippen molar-refractivity contribution in [1.82, 2.24) is 4.90 Å². The van der Waals surface area contributed by atoms with Crippen molar-refractivity contribution in [2.75, 3.05) is 38.1 Å². The van der Waals surface area contributed by atoms with Gasteiger partial charge in [-0.05, 0) is 43.7 Å². The number of hydrogen-bond acceptors (Lipinski definition) is 2. The van der Waals surface area contributed by atoms with Crippen LogP contribution in [0.1, 0.15) is 18.1 Å². The first-order chi connectivity index (χ1) is 7.70. The van der Waals surface area contributed by atoms with Crippen molar-refractivity contribution in [3.8, 4) is 0 Å². The molecule has 0 N–H and O–H groups in total. The van der Waals surface area contributed by atoms with Gasteiger partial charge in [0.25, 0.3) is 0 Å². The second kappa shape index (κ2) is 4.88. The monoisotopic (exact) mass is 218 g/mol. The van der Waals surface area contributed by atoms with Crippen LogP contribution in [0.2, 0.25) is 0 Å². The van der Waals surface area contributed by atoms with Gasteiger partial charge in [-0.15, -0.1) is 0 Å². The smallest absolute Gasteiger partial charge is 0.0370 e. The summed E-state index contributed by atoms with van der Waals surface area (Å²) in [6.45, 7) is 9.10. The van der Waals surface area contributed by atoms with Crippen molar-refractivity contribution >= 4 is 5.69 Å². The van der Waals surface area contributed by atoms with Gasteiger partial charge < -0.3 is 9.80 Å². The maximum atomic E-state index is 2.50. The minimum absolute atomic E-state index is 1.13. The molecule has 1 aromatic carbocycles. The fraction of sp³-hybridized carbons (Fsp3) is 0.571. The van der Waals surface area contributed by atoms with Crippen LogP contribution < -0.4 is 4.90 Å². The maximum Gasteiger partial charge on any atom is 0.0370 e. The lowest BCUT2D eigenvalue weighted by atomic mass is 10.0. The summed E-state index contributed by atoms with van der Waals surface area (Å²) in [6, 6.07) is 6.88.